The summed E-state index contributed by atoms with van der Waals surface area (Å²) in [5.74, 6) is 2.54. The van der Waals surface area contributed by atoms with Crippen LogP contribution in [0.15, 0.2) is 36.4 Å². The maximum absolute atomic E-state index is 13.4. The van der Waals surface area contributed by atoms with E-state index < -0.39 is 0 Å². The molecule has 35 heavy (non-hydrogen) atoms. The summed E-state index contributed by atoms with van der Waals surface area (Å²) in [7, 11) is 2.11. The zero-order valence-corrected chi connectivity index (χ0v) is 21.1. The lowest BCUT2D eigenvalue weighted by Gasteiger charge is -2.39. The molecular formula is C28H40N4O3. The van der Waals surface area contributed by atoms with Crippen molar-refractivity contribution in [2.45, 2.75) is 32.2 Å². The van der Waals surface area contributed by atoms with Crippen molar-refractivity contribution in [3.63, 3.8) is 0 Å². The summed E-state index contributed by atoms with van der Waals surface area (Å²) < 4.78 is 6.16. The van der Waals surface area contributed by atoms with Crippen LogP contribution < -0.4 is 4.74 Å². The van der Waals surface area contributed by atoms with Gasteiger partial charge in [-0.1, -0.05) is 30.4 Å². The average molecular weight is 481 g/mol. The van der Waals surface area contributed by atoms with Crippen LogP contribution in [0.5, 0.6) is 5.75 Å². The molecule has 3 aliphatic heterocycles. The van der Waals surface area contributed by atoms with Crippen LogP contribution in [0, 0.1) is 17.8 Å². The second kappa shape index (κ2) is 11.1. The fourth-order valence-corrected chi connectivity index (χ4v) is 5.66. The van der Waals surface area contributed by atoms with Gasteiger partial charge in [-0.15, -0.1) is 0 Å². The van der Waals surface area contributed by atoms with Gasteiger partial charge >= 0.3 is 0 Å². The third kappa shape index (κ3) is 6.44. The van der Waals surface area contributed by atoms with E-state index in [0.29, 0.717) is 32.0 Å². The number of fused-ring (bicyclic) bond motifs is 3. The lowest BCUT2D eigenvalue weighted by Crippen LogP contribution is -2.50. The quantitative estimate of drug-likeness (QED) is 0.620. The second-order valence-electron chi connectivity index (χ2n) is 10.9. The molecule has 1 saturated carbocycles. The van der Waals surface area contributed by atoms with Crippen molar-refractivity contribution in [2.24, 2.45) is 17.8 Å². The number of ether oxygens (including phenoxy) is 1. The molecule has 0 N–H and O–H groups in total. The van der Waals surface area contributed by atoms with Crippen molar-refractivity contribution < 1.29 is 14.3 Å². The van der Waals surface area contributed by atoms with E-state index in [9.17, 15) is 9.59 Å². The zero-order chi connectivity index (χ0) is 24.2. The first-order chi connectivity index (χ1) is 17.0. The molecule has 3 fully saturated rings. The van der Waals surface area contributed by atoms with Crippen LogP contribution in [-0.4, -0.2) is 97.4 Å². The highest BCUT2D eigenvalue weighted by Crippen LogP contribution is 2.32. The van der Waals surface area contributed by atoms with Crippen molar-refractivity contribution in [3.8, 4) is 5.75 Å². The van der Waals surface area contributed by atoms with Gasteiger partial charge in [-0.25, -0.2) is 0 Å². The van der Waals surface area contributed by atoms with Crippen LogP contribution >= 0.6 is 0 Å². The number of likely N-dealkylation sites (N-methyl/N-ethyl adjacent to an activating group) is 1. The summed E-state index contributed by atoms with van der Waals surface area (Å²) in [5.41, 5.74) is 1.14. The topological polar surface area (TPSA) is 56.3 Å². The monoisotopic (exact) mass is 480 g/mol. The SMILES string of the molecule is CN1CCN(C(=O)C[C@@H]2CCN3C[C@@H]2/C=C\COc2ccccc2CN(CC2CC2)CC3=O)CC1. The van der Waals surface area contributed by atoms with Gasteiger partial charge in [0.15, 0.2) is 0 Å². The Balaban J connectivity index is 1.30. The van der Waals surface area contributed by atoms with Gasteiger partial charge in [0, 0.05) is 64.3 Å². The normalized spacial score (nSPS) is 27.7. The van der Waals surface area contributed by atoms with E-state index >= 15 is 0 Å². The summed E-state index contributed by atoms with van der Waals surface area (Å²) >= 11 is 0. The third-order valence-electron chi connectivity index (χ3n) is 8.11. The van der Waals surface area contributed by atoms with Gasteiger partial charge in [-0.2, -0.15) is 0 Å². The molecule has 1 aliphatic carbocycles. The summed E-state index contributed by atoms with van der Waals surface area (Å²) in [6.07, 6.45) is 8.26. The number of nitrogens with zero attached hydrogens (tertiary/aromatic N) is 4. The number of carbonyl (C=O) groups excluding carboxylic acids is 2. The fraction of sp³-hybridized carbons (Fsp3) is 0.643. The standard InChI is InChI=1S/C28H40N4O3/c1-29-12-14-31(15-13-29)27(33)17-23-10-11-32-20-24(23)6-4-16-35-26-7-3-2-5-25(26)19-30(21-28(32)34)18-22-8-9-22/h2-7,22-24H,8-21H2,1H3/b6-4-/t23-,24-/m0/s1. The van der Waals surface area contributed by atoms with Crippen molar-refractivity contribution in [3.05, 3.63) is 42.0 Å². The van der Waals surface area contributed by atoms with Crippen LogP contribution in [0.3, 0.4) is 0 Å². The minimum Gasteiger partial charge on any atom is -0.489 e. The van der Waals surface area contributed by atoms with Crippen molar-refractivity contribution in [1.29, 1.82) is 0 Å². The Morgan fingerprint density at radius 1 is 1.03 bits per heavy atom. The number of carbonyl (C=O) groups is 2. The summed E-state index contributed by atoms with van der Waals surface area (Å²) in [6, 6.07) is 8.20. The molecule has 1 aromatic rings. The van der Waals surface area contributed by atoms with Gasteiger partial charge in [-0.3, -0.25) is 14.5 Å². The molecule has 5 rings (SSSR count). The highest BCUT2D eigenvalue weighted by molar-refractivity contribution is 5.79. The number of piperazine rings is 1. The molecule has 2 amide bonds. The van der Waals surface area contributed by atoms with E-state index in [1.165, 1.54) is 12.8 Å². The highest BCUT2D eigenvalue weighted by atomic mass is 16.5. The first kappa shape index (κ1) is 24.3. The molecule has 4 aliphatic rings. The van der Waals surface area contributed by atoms with Crippen molar-refractivity contribution in [2.75, 3.05) is 66.0 Å². The number of rotatable bonds is 4. The van der Waals surface area contributed by atoms with Gasteiger partial charge in [0.05, 0.1) is 6.54 Å². The van der Waals surface area contributed by atoms with Gasteiger partial charge in [0.1, 0.15) is 12.4 Å². The first-order valence-corrected chi connectivity index (χ1v) is 13.4. The van der Waals surface area contributed by atoms with E-state index in [4.69, 9.17) is 4.74 Å². The number of hydrogen-bond donors (Lipinski definition) is 0. The number of amides is 2. The van der Waals surface area contributed by atoms with E-state index in [2.05, 4.69) is 35.1 Å². The predicted octanol–water partition coefficient (Wildman–Crippen LogP) is 2.48. The average Bonchev–Trinajstić information content (AvgIpc) is 3.67. The fourth-order valence-electron chi connectivity index (χ4n) is 5.66. The minimum absolute atomic E-state index is 0.181. The van der Waals surface area contributed by atoms with Crippen LogP contribution in [0.1, 0.15) is 31.2 Å². The number of para-hydroxylation sites is 1. The molecule has 3 heterocycles. The molecule has 7 nitrogen and oxygen atoms in total. The largest absolute Gasteiger partial charge is 0.489 e. The van der Waals surface area contributed by atoms with Gasteiger partial charge in [-0.05, 0) is 50.1 Å². The Kier molecular flexibility index (Phi) is 7.73. The number of piperidine rings is 1. The van der Waals surface area contributed by atoms with Crippen LogP contribution in [0.2, 0.25) is 0 Å². The second-order valence-corrected chi connectivity index (χ2v) is 10.9. The van der Waals surface area contributed by atoms with Gasteiger partial charge < -0.3 is 19.4 Å². The molecule has 0 unspecified atom stereocenters. The molecule has 2 bridgehead atoms. The molecule has 0 spiro atoms. The maximum atomic E-state index is 13.4. The molecule has 0 aromatic heterocycles. The Hall–Kier alpha value is -2.38. The smallest absolute Gasteiger partial charge is 0.236 e. The van der Waals surface area contributed by atoms with E-state index in [0.717, 1.165) is 63.5 Å². The van der Waals surface area contributed by atoms with Crippen molar-refractivity contribution in [1.82, 2.24) is 19.6 Å². The summed E-state index contributed by atoms with van der Waals surface area (Å²) in [5, 5.41) is 0. The maximum Gasteiger partial charge on any atom is 0.236 e. The molecule has 190 valence electrons. The Morgan fingerprint density at radius 3 is 2.63 bits per heavy atom. The molecule has 7 heteroatoms. The first-order valence-electron chi connectivity index (χ1n) is 13.4. The van der Waals surface area contributed by atoms with Gasteiger partial charge in [0.25, 0.3) is 0 Å². The Labute approximate surface area is 209 Å². The summed E-state index contributed by atoms with van der Waals surface area (Å²) in [6.45, 7) is 7.62. The lowest BCUT2D eigenvalue weighted by molar-refractivity contribution is -0.136. The van der Waals surface area contributed by atoms with Crippen LogP contribution in [0.4, 0.5) is 0 Å². The molecule has 2 atom stereocenters. The Morgan fingerprint density at radius 2 is 1.83 bits per heavy atom. The number of hydrogen-bond acceptors (Lipinski definition) is 5. The van der Waals surface area contributed by atoms with Crippen LogP contribution in [0.25, 0.3) is 0 Å². The molecule has 2 saturated heterocycles. The third-order valence-corrected chi connectivity index (χ3v) is 8.11. The van der Waals surface area contributed by atoms with Crippen LogP contribution in [-0.2, 0) is 16.1 Å². The minimum atomic E-state index is 0.181. The predicted molar refractivity (Wildman–Crippen MR) is 136 cm³/mol. The van der Waals surface area contributed by atoms with Gasteiger partial charge in [0.2, 0.25) is 11.8 Å². The van der Waals surface area contributed by atoms with E-state index in [-0.39, 0.29) is 23.7 Å². The molecule has 1 aromatic carbocycles. The Bertz CT molecular complexity index is 923. The van der Waals surface area contributed by atoms with E-state index in [1.54, 1.807) is 0 Å². The summed E-state index contributed by atoms with van der Waals surface area (Å²) in [4.78, 5) is 35.1. The molecule has 0 radical (unpaired) electrons. The van der Waals surface area contributed by atoms with E-state index in [1.807, 2.05) is 28.0 Å². The molecular weight excluding hydrogens is 440 g/mol. The lowest BCUT2D eigenvalue weighted by atomic mass is 9.82. The highest BCUT2D eigenvalue weighted by Gasteiger charge is 2.34. The number of benzene rings is 1. The van der Waals surface area contributed by atoms with Crippen molar-refractivity contribution >= 4 is 11.8 Å². The zero-order valence-electron chi connectivity index (χ0n) is 21.1.